The van der Waals surface area contributed by atoms with Crippen LogP contribution in [-0.2, 0) is 25.8 Å². The van der Waals surface area contributed by atoms with Crippen LogP contribution < -0.4 is 0 Å². The molecule has 3 aromatic rings. The van der Waals surface area contributed by atoms with Gasteiger partial charge in [0.15, 0.2) is 0 Å². The second-order valence-corrected chi connectivity index (χ2v) is 7.86. The summed E-state index contributed by atoms with van der Waals surface area (Å²) >= 11 is 0. The van der Waals surface area contributed by atoms with E-state index in [0.29, 0.717) is 6.04 Å². The summed E-state index contributed by atoms with van der Waals surface area (Å²) in [6.45, 7) is 9.01. The predicted molar refractivity (Wildman–Crippen MR) is 111 cm³/mol. The molecule has 2 nitrogen and oxygen atoms in total. The van der Waals surface area contributed by atoms with E-state index in [1.165, 1.54) is 27.6 Å². The summed E-state index contributed by atoms with van der Waals surface area (Å²) in [5, 5.41) is 1.47. The Labute approximate surface area is 157 Å². The molecule has 0 radical (unpaired) electrons. The molecule has 0 spiro atoms. The summed E-state index contributed by atoms with van der Waals surface area (Å²) in [6.07, 6.45) is 3.35. The van der Waals surface area contributed by atoms with E-state index in [4.69, 9.17) is 0 Å². The van der Waals surface area contributed by atoms with Gasteiger partial charge in [-0.25, -0.2) is 0 Å². The van der Waals surface area contributed by atoms with Crippen molar-refractivity contribution in [3.05, 3.63) is 70.4 Å². The highest BCUT2D eigenvalue weighted by atomic mass is 15.1. The van der Waals surface area contributed by atoms with Crippen LogP contribution in [0.4, 0.5) is 0 Å². The van der Waals surface area contributed by atoms with Crippen LogP contribution in [0.1, 0.15) is 47.8 Å². The minimum absolute atomic E-state index is 0.494. The van der Waals surface area contributed by atoms with Crippen LogP contribution in [0.15, 0.2) is 42.5 Å². The first-order valence-electron chi connectivity index (χ1n) is 9.98. The van der Waals surface area contributed by atoms with Gasteiger partial charge in [0.1, 0.15) is 0 Å². The van der Waals surface area contributed by atoms with Gasteiger partial charge in [-0.1, -0.05) is 42.8 Å². The molecule has 4 rings (SSSR count). The molecule has 1 aromatic heterocycles. The van der Waals surface area contributed by atoms with Gasteiger partial charge in [-0.15, -0.1) is 0 Å². The zero-order chi connectivity index (χ0) is 18.3. The monoisotopic (exact) mass is 346 g/mol. The third-order valence-corrected chi connectivity index (χ3v) is 6.17. The van der Waals surface area contributed by atoms with Crippen molar-refractivity contribution in [3.63, 3.8) is 0 Å². The van der Waals surface area contributed by atoms with Crippen LogP contribution in [0.3, 0.4) is 0 Å². The minimum Gasteiger partial charge on any atom is -0.344 e. The molecule has 0 amide bonds. The van der Waals surface area contributed by atoms with E-state index in [2.05, 4.69) is 79.8 Å². The number of fused-ring (bicyclic) bond motifs is 3. The molecule has 0 aliphatic carbocycles. The molecule has 26 heavy (non-hydrogen) atoms. The molecule has 1 atom stereocenters. The number of rotatable bonds is 4. The standard InChI is InChI=1S/C24H30N2/c1-5-19-9-10-22-21(16-19)24-18(3)25(4)13-12-23(24)26(22)14-11-20-8-6-7-17(2)15-20/h6-10,15-16,18H,5,11-14H2,1-4H3. The first-order valence-corrected chi connectivity index (χ1v) is 9.98. The highest BCUT2D eigenvalue weighted by molar-refractivity contribution is 5.87. The summed E-state index contributed by atoms with van der Waals surface area (Å²) < 4.78 is 2.61. The molecule has 2 heteroatoms. The highest BCUT2D eigenvalue weighted by Crippen LogP contribution is 2.37. The number of benzene rings is 2. The molecule has 1 unspecified atom stereocenters. The van der Waals surface area contributed by atoms with Crippen molar-refractivity contribution in [2.24, 2.45) is 0 Å². The average molecular weight is 347 g/mol. The molecular formula is C24H30N2. The van der Waals surface area contributed by atoms with E-state index in [0.717, 1.165) is 32.4 Å². The van der Waals surface area contributed by atoms with Crippen molar-refractivity contribution < 1.29 is 0 Å². The lowest BCUT2D eigenvalue weighted by atomic mass is 9.96. The first-order chi connectivity index (χ1) is 12.6. The molecule has 1 aliphatic heterocycles. The fourth-order valence-electron chi connectivity index (χ4n) is 4.50. The lowest BCUT2D eigenvalue weighted by Gasteiger charge is -2.31. The van der Waals surface area contributed by atoms with E-state index in [1.807, 2.05) is 0 Å². The van der Waals surface area contributed by atoms with Crippen molar-refractivity contribution in [1.29, 1.82) is 0 Å². The van der Waals surface area contributed by atoms with Crippen molar-refractivity contribution in [3.8, 4) is 0 Å². The fraction of sp³-hybridized carbons (Fsp3) is 0.417. The summed E-state index contributed by atoms with van der Waals surface area (Å²) in [5.74, 6) is 0. The second kappa shape index (κ2) is 6.92. The number of nitrogens with zero attached hydrogens (tertiary/aromatic N) is 2. The Morgan fingerprint density at radius 2 is 1.92 bits per heavy atom. The van der Waals surface area contributed by atoms with Gasteiger partial charge < -0.3 is 4.57 Å². The van der Waals surface area contributed by atoms with Crippen LogP contribution in [0.5, 0.6) is 0 Å². The molecule has 1 aliphatic rings. The lowest BCUT2D eigenvalue weighted by molar-refractivity contribution is 0.245. The van der Waals surface area contributed by atoms with Gasteiger partial charge in [0.05, 0.1) is 0 Å². The third-order valence-electron chi connectivity index (χ3n) is 6.17. The van der Waals surface area contributed by atoms with Gasteiger partial charge in [-0.05, 0) is 62.6 Å². The molecule has 0 saturated heterocycles. The molecule has 0 bridgehead atoms. The van der Waals surface area contributed by atoms with Crippen molar-refractivity contribution in [2.75, 3.05) is 13.6 Å². The molecule has 2 aromatic carbocycles. The topological polar surface area (TPSA) is 8.17 Å². The Morgan fingerprint density at radius 1 is 1.08 bits per heavy atom. The van der Waals surface area contributed by atoms with Gasteiger partial charge in [0.25, 0.3) is 0 Å². The lowest BCUT2D eigenvalue weighted by Crippen LogP contribution is -2.31. The molecule has 0 N–H and O–H groups in total. The maximum Gasteiger partial charge on any atom is 0.0486 e. The molecular weight excluding hydrogens is 316 g/mol. The van der Waals surface area contributed by atoms with E-state index < -0.39 is 0 Å². The van der Waals surface area contributed by atoms with E-state index in [-0.39, 0.29) is 0 Å². The number of aryl methyl sites for hydroxylation is 4. The van der Waals surface area contributed by atoms with Crippen LogP contribution in [0, 0.1) is 6.92 Å². The van der Waals surface area contributed by atoms with Crippen LogP contribution >= 0.6 is 0 Å². The summed E-state index contributed by atoms with van der Waals surface area (Å²) in [4.78, 5) is 2.49. The van der Waals surface area contributed by atoms with E-state index in [9.17, 15) is 0 Å². The van der Waals surface area contributed by atoms with Crippen LogP contribution in [-0.4, -0.2) is 23.1 Å². The normalized spacial score (nSPS) is 17.6. The smallest absolute Gasteiger partial charge is 0.0486 e. The number of likely N-dealkylation sites (N-methyl/N-ethyl adjacent to an activating group) is 1. The van der Waals surface area contributed by atoms with Gasteiger partial charge in [-0.2, -0.15) is 0 Å². The van der Waals surface area contributed by atoms with Crippen LogP contribution in [0.2, 0.25) is 0 Å². The van der Waals surface area contributed by atoms with E-state index >= 15 is 0 Å². The Kier molecular flexibility index (Phi) is 4.62. The van der Waals surface area contributed by atoms with Gasteiger partial charge >= 0.3 is 0 Å². The number of aromatic nitrogens is 1. The quantitative estimate of drug-likeness (QED) is 0.622. The number of hydrogen-bond acceptors (Lipinski definition) is 1. The minimum atomic E-state index is 0.494. The predicted octanol–water partition coefficient (Wildman–Crippen LogP) is 5.30. The van der Waals surface area contributed by atoms with Gasteiger partial charge in [-0.3, -0.25) is 4.90 Å². The zero-order valence-electron chi connectivity index (χ0n) is 16.5. The fourth-order valence-corrected chi connectivity index (χ4v) is 4.50. The second-order valence-electron chi connectivity index (χ2n) is 7.86. The number of hydrogen-bond donors (Lipinski definition) is 0. The summed E-state index contributed by atoms with van der Waals surface area (Å²) in [6, 6.07) is 16.5. The van der Waals surface area contributed by atoms with Crippen LogP contribution in [0.25, 0.3) is 10.9 Å². The van der Waals surface area contributed by atoms with E-state index in [1.54, 1.807) is 11.3 Å². The molecule has 0 fully saturated rings. The molecule has 0 saturated carbocycles. The average Bonchev–Trinajstić information content (AvgIpc) is 2.96. The Hall–Kier alpha value is -2.06. The third kappa shape index (κ3) is 2.97. The first kappa shape index (κ1) is 17.4. The van der Waals surface area contributed by atoms with Gasteiger partial charge in [0, 0.05) is 42.1 Å². The summed E-state index contributed by atoms with van der Waals surface area (Å²) in [7, 11) is 2.26. The largest absolute Gasteiger partial charge is 0.344 e. The van der Waals surface area contributed by atoms with Crippen molar-refractivity contribution in [1.82, 2.24) is 9.47 Å². The Balaban J connectivity index is 1.78. The zero-order valence-corrected chi connectivity index (χ0v) is 16.5. The molecule has 2 heterocycles. The molecule has 136 valence electrons. The van der Waals surface area contributed by atoms with Gasteiger partial charge in [0.2, 0.25) is 0 Å². The Morgan fingerprint density at radius 3 is 2.69 bits per heavy atom. The summed E-state index contributed by atoms with van der Waals surface area (Å²) in [5.41, 5.74) is 8.77. The highest BCUT2D eigenvalue weighted by Gasteiger charge is 2.27. The van der Waals surface area contributed by atoms with Crippen molar-refractivity contribution >= 4 is 10.9 Å². The SMILES string of the molecule is CCc1ccc2c(c1)c1c(n2CCc2cccc(C)c2)CCN(C)C1C. The Bertz CT molecular complexity index is 935. The maximum atomic E-state index is 2.61. The maximum absolute atomic E-state index is 2.61. The van der Waals surface area contributed by atoms with Crippen molar-refractivity contribution in [2.45, 2.75) is 52.6 Å².